The van der Waals surface area contributed by atoms with Crippen molar-refractivity contribution in [1.82, 2.24) is 4.90 Å². The molecule has 2 aliphatic rings. The number of carbonyl (C=O) groups excluding carboxylic acids is 2. The SMILES string of the molecule is CCC(C)N(CC(=O)O)C(=O)C1CC(=O)N(c2ccc3c(c2)OCCO3)C1. The van der Waals surface area contributed by atoms with Gasteiger partial charge in [0.2, 0.25) is 11.8 Å². The van der Waals surface area contributed by atoms with Gasteiger partial charge < -0.3 is 24.4 Å². The number of carboxylic acids is 1. The maximum atomic E-state index is 12.9. The maximum Gasteiger partial charge on any atom is 0.323 e. The Balaban J connectivity index is 1.76. The van der Waals surface area contributed by atoms with Crippen molar-refractivity contribution in [3.63, 3.8) is 0 Å². The van der Waals surface area contributed by atoms with Crippen LogP contribution in [0, 0.1) is 5.92 Å². The van der Waals surface area contributed by atoms with Crippen molar-refractivity contribution < 1.29 is 29.0 Å². The van der Waals surface area contributed by atoms with E-state index in [0.29, 0.717) is 36.8 Å². The lowest BCUT2D eigenvalue weighted by molar-refractivity contribution is -0.148. The van der Waals surface area contributed by atoms with Crippen LogP contribution in [-0.2, 0) is 14.4 Å². The molecule has 2 atom stereocenters. The minimum Gasteiger partial charge on any atom is -0.486 e. The quantitative estimate of drug-likeness (QED) is 0.809. The molecule has 2 aliphatic heterocycles. The molecule has 1 fully saturated rings. The number of anilines is 1. The monoisotopic (exact) mass is 376 g/mol. The van der Waals surface area contributed by atoms with Gasteiger partial charge in [-0.3, -0.25) is 14.4 Å². The summed E-state index contributed by atoms with van der Waals surface area (Å²) in [7, 11) is 0. The molecule has 0 spiro atoms. The number of hydrogen-bond acceptors (Lipinski definition) is 5. The smallest absolute Gasteiger partial charge is 0.323 e. The molecule has 1 N–H and O–H groups in total. The van der Waals surface area contributed by atoms with Crippen LogP contribution in [0.5, 0.6) is 11.5 Å². The van der Waals surface area contributed by atoms with Crippen LogP contribution in [0.2, 0.25) is 0 Å². The highest BCUT2D eigenvalue weighted by molar-refractivity contribution is 6.01. The summed E-state index contributed by atoms with van der Waals surface area (Å²) in [6.07, 6.45) is 0.714. The van der Waals surface area contributed by atoms with E-state index < -0.39 is 11.9 Å². The van der Waals surface area contributed by atoms with E-state index in [1.807, 2.05) is 13.8 Å². The fourth-order valence-corrected chi connectivity index (χ4v) is 3.37. The lowest BCUT2D eigenvalue weighted by Crippen LogP contribution is -2.45. The van der Waals surface area contributed by atoms with Crippen LogP contribution in [0.15, 0.2) is 18.2 Å². The van der Waals surface area contributed by atoms with Crippen LogP contribution < -0.4 is 14.4 Å². The molecule has 1 aromatic rings. The predicted octanol–water partition coefficient (Wildman–Crippen LogP) is 1.52. The first-order chi connectivity index (χ1) is 12.9. The zero-order chi connectivity index (χ0) is 19.6. The number of aliphatic carboxylic acids is 1. The van der Waals surface area contributed by atoms with E-state index in [9.17, 15) is 14.4 Å². The highest BCUT2D eigenvalue weighted by Gasteiger charge is 2.39. The number of amides is 2. The number of rotatable bonds is 6. The van der Waals surface area contributed by atoms with Gasteiger partial charge in [0.25, 0.3) is 0 Å². The second-order valence-electron chi connectivity index (χ2n) is 6.85. The topological polar surface area (TPSA) is 96.4 Å². The van der Waals surface area contributed by atoms with Crippen molar-refractivity contribution in [2.75, 3.05) is 31.2 Å². The third-order valence-corrected chi connectivity index (χ3v) is 5.02. The van der Waals surface area contributed by atoms with Gasteiger partial charge in [-0.15, -0.1) is 0 Å². The van der Waals surface area contributed by atoms with Crippen LogP contribution in [0.25, 0.3) is 0 Å². The molecule has 27 heavy (non-hydrogen) atoms. The lowest BCUT2D eigenvalue weighted by Gasteiger charge is -2.29. The molecule has 8 heteroatoms. The lowest BCUT2D eigenvalue weighted by atomic mass is 10.1. The van der Waals surface area contributed by atoms with E-state index in [4.69, 9.17) is 14.6 Å². The molecule has 2 unspecified atom stereocenters. The normalized spacial score (nSPS) is 19.7. The van der Waals surface area contributed by atoms with Gasteiger partial charge in [-0.2, -0.15) is 0 Å². The molecular weight excluding hydrogens is 352 g/mol. The Hall–Kier alpha value is -2.77. The predicted molar refractivity (Wildman–Crippen MR) is 97.0 cm³/mol. The summed E-state index contributed by atoms with van der Waals surface area (Å²) >= 11 is 0. The Kier molecular flexibility index (Phi) is 5.53. The van der Waals surface area contributed by atoms with Gasteiger partial charge in [0.1, 0.15) is 19.8 Å². The Labute approximate surface area is 157 Å². The Bertz CT molecular complexity index is 750. The van der Waals surface area contributed by atoms with Crippen molar-refractivity contribution in [2.24, 2.45) is 5.92 Å². The van der Waals surface area contributed by atoms with Crippen molar-refractivity contribution in [3.8, 4) is 11.5 Å². The summed E-state index contributed by atoms with van der Waals surface area (Å²) in [5.74, 6) is -0.859. The van der Waals surface area contributed by atoms with Crippen molar-refractivity contribution in [1.29, 1.82) is 0 Å². The van der Waals surface area contributed by atoms with Gasteiger partial charge in [-0.25, -0.2) is 0 Å². The molecule has 2 heterocycles. The molecule has 0 aromatic heterocycles. The summed E-state index contributed by atoms with van der Waals surface area (Å²) in [6, 6.07) is 5.06. The third-order valence-electron chi connectivity index (χ3n) is 5.02. The van der Waals surface area contributed by atoms with E-state index in [1.54, 1.807) is 23.1 Å². The number of carboxylic acid groups (broad SMARTS) is 1. The fourth-order valence-electron chi connectivity index (χ4n) is 3.37. The Morgan fingerprint density at radius 1 is 1.30 bits per heavy atom. The van der Waals surface area contributed by atoms with Crippen LogP contribution in [0.1, 0.15) is 26.7 Å². The molecule has 3 rings (SSSR count). The number of fused-ring (bicyclic) bond motifs is 1. The average molecular weight is 376 g/mol. The first-order valence-electron chi connectivity index (χ1n) is 9.13. The van der Waals surface area contributed by atoms with Gasteiger partial charge in [-0.1, -0.05) is 6.92 Å². The largest absolute Gasteiger partial charge is 0.486 e. The summed E-state index contributed by atoms with van der Waals surface area (Å²) in [5.41, 5.74) is 0.646. The Morgan fingerprint density at radius 3 is 2.67 bits per heavy atom. The standard InChI is InChI=1S/C19H24N2O6/c1-3-12(2)20(11-18(23)24)19(25)13-8-17(22)21(10-13)14-4-5-15-16(9-14)27-7-6-26-15/h4-5,9,12-13H,3,6-8,10-11H2,1-2H3,(H,23,24). The van der Waals surface area contributed by atoms with Crippen LogP contribution in [0.3, 0.4) is 0 Å². The molecule has 1 saturated heterocycles. The molecule has 2 amide bonds. The molecule has 0 saturated carbocycles. The second-order valence-corrected chi connectivity index (χ2v) is 6.85. The first kappa shape index (κ1) is 19.0. The zero-order valence-corrected chi connectivity index (χ0v) is 15.5. The molecule has 146 valence electrons. The van der Waals surface area contributed by atoms with Gasteiger partial charge in [0, 0.05) is 30.8 Å². The molecule has 8 nitrogen and oxygen atoms in total. The minimum atomic E-state index is -1.06. The molecule has 1 aromatic carbocycles. The number of ether oxygens (including phenoxy) is 2. The van der Waals surface area contributed by atoms with E-state index >= 15 is 0 Å². The van der Waals surface area contributed by atoms with Crippen LogP contribution in [-0.4, -0.2) is 60.1 Å². The van der Waals surface area contributed by atoms with E-state index in [0.717, 1.165) is 0 Å². The molecule has 0 bridgehead atoms. The summed E-state index contributed by atoms with van der Waals surface area (Å²) in [6.45, 7) is 4.52. The maximum absolute atomic E-state index is 12.9. The average Bonchev–Trinajstić information content (AvgIpc) is 3.06. The van der Waals surface area contributed by atoms with Crippen LogP contribution >= 0.6 is 0 Å². The Morgan fingerprint density at radius 2 is 2.00 bits per heavy atom. The number of hydrogen-bond donors (Lipinski definition) is 1. The van der Waals surface area contributed by atoms with Crippen molar-refractivity contribution in [3.05, 3.63) is 18.2 Å². The number of carbonyl (C=O) groups is 3. The van der Waals surface area contributed by atoms with E-state index in [2.05, 4.69) is 0 Å². The van der Waals surface area contributed by atoms with Crippen LogP contribution in [0.4, 0.5) is 5.69 Å². The summed E-state index contributed by atoms with van der Waals surface area (Å²) in [4.78, 5) is 39.4. The van der Waals surface area contributed by atoms with Gasteiger partial charge in [0.15, 0.2) is 11.5 Å². The van der Waals surface area contributed by atoms with Crippen molar-refractivity contribution >= 4 is 23.5 Å². The third kappa shape index (κ3) is 3.99. The fraction of sp³-hybridized carbons (Fsp3) is 0.526. The number of nitrogens with zero attached hydrogens (tertiary/aromatic N) is 2. The first-order valence-corrected chi connectivity index (χ1v) is 9.13. The second kappa shape index (κ2) is 7.85. The highest BCUT2D eigenvalue weighted by Crippen LogP contribution is 2.36. The molecular formula is C19H24N2O6. The highest BCUT2D eigenvalue weighted by atomic mass is 16.6. The van der Waals surface area contributed by atoms with E-state index in [-0.39, 0.29) is 37.4 Å². The van der Waals surface area contributed by atoms with Gasteiger partial charge >= 0.3 is 5.97 Å². The molecule has 0 radical (unpaired) electrons. The minimum absolute atomic E-state index is 0.0693. The molecule has 0 aliphatic carbocycles. The van der Waals surface area contributed by atoms with Gasteiger partial charge in [-0.05, 0) is 25.5 Å². The summed E-state index contributed by atoms with van der Waals surface area (Å²) in [5, 5.41) is 9.12. The van der Waals surface area contributed by atoms with E-state index in [1.165, 1.54) is 4.90 Å². The van der Waals surface area contributed by atoms with Gasteiger partial charge in [0.05, 0.1) is 5.92 Å². The van der Waals surface area contributed by atoms with Crippen molar-refractivity contribution in [2.45, 2.75) is 32.7 Å². The summed E-state index contributed by atoms with van der Waals surface area (Å²) < 4.78 is 11.0. The zero-order valence-electron chi connectivity index (χ0n) is 15.5. The number of benzene rings is 1.